The minimum Gasteiger partial charge on any atom is -0.465 e. The van der Waals surface area contributed by atoms with Gasteiger partial charge in [-0.2, -0.15) is 0 Å². The maximum atomic E-state index is 12.4. The Morgan fingerprint density at radius 1 is 1.10 bits per heavy atom. The summed E-state index contributed by atoms with van der Waals surface area (Å²) in [7, 11) is 1.37. The van der Waals surface area contributed by atoms with Crippen molar-refractivity contribution in [3.8, 4) is 11.1 Å². The van der Waals surface area contributed by atoms with Gasteiger partial charge in [0.25, 0.3) is 0 Å². The van der Waals surface area contributed by atoms with Gasteiger partial charge < -0.3 is 15.0 Å². The van der Waals surface area contributed by atoms with Gasteiger partial charge in [0.1, 0.15) is 0 Å². The molecule has 0 fully saturated rings. The number of benzene rings is 2. The van der Waals surface area contributed by atoms with Gasteiger partial charge in [-0.3, -0.25) is 9.78 Å². The smallest absolute Gasteiger partial charge is 0.337 e. The standard InChI is InChI=1S/C25H25N3O3/c1-16-13-23(27-21-5-4-12-26-15-21)22-14-20(10-11-24(22)28(16)17(2)29)18-6-8-19(9-7-18)25(30)31-3/h4-12,14-16,23,27H,13H2,1-3H3/t16-,23+/m1/s1. The molecule has 0 spiro atoms. The van der Waals surface area contributed by atoms with Gasteiger partial charge in [0.2, 0.25) is 5.91 Å². The Morgan fingerprint density at radius 2 is 1.84 bits per heavy atom. The van der Waals surface area contributed by atoms with Crippen LogP contribution >= 0.6 is 0 Å². The maximum absolute atomic E-state index is 12.4. The van der Waals surface area contributed by atoms with Crippen LogP contribution in [-0.2, 0) is 9.53 Å². The first kappa shape index (κ1) is 20.6. The van der Waals surface area contributed by atoms with Gasteiger partial charge in [0.15, 0.2) is 0 Å². The molecule has 0 aliphatic carbocycles. The number of nitrogens with one attached hydrogen (secondary N) is 1. The quantitative estimate of drug-likeness (QED) is 0.618. The van der Waals surface area contributed by atoms with Crippen LogP contribution in [0.4, 0.5) is 11.4 Å². The average Bonchev–Trinajstić information content (AvgIpc) is 2.79. The number of carbonyl (C=O) groups is 2. The van der Waals surface area contributed by atoms with Crippen molar-refractivity contribution in [1.29, 1.82) is 0 Å². The van der Waals surface area contributed by atoms with Crippen LogP contribution in [0.1, 0.15) is 42.2 Å². The third kappa shape index (κ3) is 4.14. The Balaban J connectivity index is 1.74. The number of nitrogens with zero attached hydrogens (tertiary/aromatic N) is 2. The summed E-state index contributed by atoms with van der Waals surface area (Å²) in [5.74, 6) is -0.326. The second kappa shape index (κ2) is 8.60. The normalized spacial score (nSPS) is 17.6. The molecule has 6 nitrogen and oxygen atoms in total. The Bertz CT molecular complexity index is 1100. The van der Waals surface area contributed by atoms with Crippen molar-refractivity contribution in [2.24, 2.45) is 0 Å². The highest BCUT2D eigenvalue weighted by atomic mass is 16.5. The molecule has 1 aliphatic rings. The highest BCUT2D eigenvalue weighted by Gasteiger charge is 2.32. The molecule has 0 unspecified atom stereocenters. The van der Waals surface area contributed by atoms with Crippen LogP contribution in [0.25, 0.3) is 11.1 Å². The number of esters is 1. The van der Waals surface area contributed by atoms with E-state index in [0.717, 1.165) is 34.5 Å². The number of carbonyl (C=O) groups excluding carboxylic acids is 2. The van der Waals surface area contributed by atoms with Crippen molar-refractivity contribution < 1.29 is 14.3 Å². The van der Waals surface area contributed by atoms with Crippen molar-refractivity contribution in [3.05, 3.63) is 78.1 Å². The van der Waals surface area contributed by atoms with E-state index in [-0.39, 0.29) is 24.0 Å². The average molecular weight is 415 g/mol. The SMILES string of the molecule is COC(=O)c1ccc(-c2ccc3c(c2)[C@@H](Nc2cccnc2)C[C@@H](C)N3C(C)=O)cc1. The first-order valence-corrected chi connectivity index (χ1v) is 10.3. The lowest BCUT2D eigenvalue weighted by atomic mass is 9.89. The number of hydrogen-bond donors (Lipinski definition) is 1. The lowest BCUT2D eigenvalue weighted by molar-refractivity contribution is -0.117. The summed E-state index contributed by atoms with van der Waals surface area (Å²) in [6, 6.07) is 17.5. The molecule has 1 aliphatic heterocycles. The summed E-state index contributed by atoms with van der Waals surface area (Å²) in [5, 5.41) is 3.58. The highest BCUT2D eigenvalue weighted by Crippen LogP contribution is 2.41. The number of methoxy groups -OCH3 is 1. The molecule has 2 heterocycles. The number of ether oxygens (including phenoxy) is 1. The van der Waals surface area contributed by atoms with Crippen LogP contribution in [0.15, 0.2) is 67.0 Å². The number of anilines is 2. The van der Waals surface area contributed by atoms with E-state index in [1.54, 1.807) is 31.5 Å². The first-order valence-electron chi connectivity index (χ1n) is 10.3. The van der Waals surface area contributed by atoms with E-state index < -0.39 is 0 Å². The van der Waals surface area contributed by atoms with E-state index >= 15 is 0 Å². The van der Waals surface area contributed by atoms with Gasteiger partial charge in [0.05, 0.1) is 24.4 Å². The minimum atomic E-state index is -0.358. The molecule has 3 aromatic rings. The van der Waals surface area contributed by atoms with Crippen LogP contribution in [0.5, 0.6) is 0 Å². The third-order valence-electron chi connectivity index (χ3n) is 5.66. The molecule has 6 heteroatoms. The van der Waals surface area contributed by atoms with Gasteiger partial charge >= 0.3 is 5.97 Å². The molecule has 158 valence electrons. The largest absolute Gasteiger partial charge is 0.465 e. The van der Waals surface area contributed by atoms with E-state index in [1.807, 2.05) is 41.3 Å². The fraction of sp³-hybridized carbons (Fsp3) is 0.240. The summed E-state index contributed by atoms with van der Waals surface area (Å²) in [5.41, 5.74) is 5.44. The highest BCUT2D eigenvalue weighted by molar-refractivity contribution is 5.94. The zero-order valence-electron chi connectivity index (χ0n) is 17.8. The Labute approximate surface area is 181 Å². The number of aromatic nitrogens is 1. The molecule has 0 radical (unpaired) electrons. The Hall–Kier alpha value is -3.67. The molecular weight excluding hydrogens is 390 g/mol. The molecule has 0 bridgehead atoms. The maximum Gasteiger partial charge on any atom is 0.337 e. The molecule has 0 saturated carbocycles. The topological polar surface area (TPSA) is 71.5 Å². The van der Waals surface area contributed by atoms with Gasteiger partial charge in [-0.25, -0.2) is 4.79 Å². The minimum absolute atomic E-state index is 0.0313. The number of hydrogen-bond acceptors (Lipinski definition) is 5. The van der Waals surface area contributed by atoms with Crippen LogP contribution in [0.3, 0.4) is 0 Å². The summed E-state index contributed by atoms with van der Waals surface area (Å²) in [6.45, 7) is 3.68. The Morgan fingerprint density at radius 3 is 2.48 bits per heavy atom. The van der Waals surface area contributed by atoms with Crippen molar-refractivity contribution in [3.63, 3.8) is 0 Å². The van der Waals surface area contributed by atoms with Crippen LogP contribution in [0.2, 0.25) is 0 Å². The second-order valence-electron chi connectivity index (χ2n) is 7.75. The lowest BCUT2D eigenvalue weighted by Gasteiger charge is -2.39. The number of rotatable bonds is 4. The number of amides is 1. The summed E-state index contributed by atoms with van der Waals surface area (Å²) < 4.78 is 4.78. The summed E-state index contributed by atoms with van der Waals surface area (Å²) in [6.07, 6.45) is 4.33. The molecule has 2 aromatic carbocycles. The third-order valence-corrected chi connectivity index (χ3v) is 5.66. The van der Waals surface area contributed by atoms with E-state index in [9.17, 15) is 9.59 Å². The molecule has 31 heavy (non-hydrogen) atoms. The van der Waals surface area contributed by atoms with Gasteiger partial charge in [-0.1, -0.05) is 18.2 Å². The summed E-state index contributed by atoms with van der Waals surface area (Å²) >= 11 is 0. The van der Waals surface area contributed by atoms with Gasteiger partial charge in [-0.05, 0) is 66.4 Å². The number of pyridine rings is 1. The van der Waals surface area contributed by atoms with E-state index in [0.29, 0.717) is 5.56 Å². The molecule has 1 aromatic heterocycles. The molecule has 1 N–H and O–H groups in total. The zero-order chi connectivity index (χ0) is 22.0. The fourth-order valence-electron chi connectivity index (χ4n) is 4.23. The van der Waals surface area contributed by atoms with Crippen molar-refractivity contribution in [2.75, 3.05) is 17.3 Å². The zero-order valence-corrected chi connectivity index (χ0v) is 17.8. The van der Waals surface area contributed by atoms with E-state index in [2.05, 4.69) is 23.3 Å². The molecule has 0 saturated heterocycles. The molecular formula is C25H25N3O3. The van der Waals surface area contributed by atoms with Crippen molar-refractivity contribution in [1.82, 2.24) is 4.98 Å². The Kier molecular flexibility index (Phi) is 5.71. The lowest BCUT2D eigenvalue weighted by Crippen LogP contribution is -2.43. The second-order valence-corrected chi connectivity index (χ2v) is 7.75. The van der Waals surface area contributed by atoms with Crippen LogP contribution < -0.4 is 10.2 Å². The van der Waals surface area contributed by atoms with Crippen LogP contribution in [0, 0.1) is 0 Å². The first-order chi connectivity index (χ1) is 15.0. The monoisotopic (exact) mass is 415 g/mol. The molecule has 1 amide bonds. The molecule has 2 atom stereocenters. The van der Waals surface area contributed by atoms with Crippen LogP contribution in [-0.4, -0.2) is 30.0 Å². The van der Waals surface area contributed by atoms with E-state index in [4.69, 9.17) is 4.74 Å². The van der Waals surface area contributed by atoms with Gasteiger partial charge in [0, 0.05) is 31.0 Å². The molecule has 4 rings (SSSR count). The number of fused-ring (bicyclic) bond motifs is 1. The van der Waals surface area contributed by atoms with Crippen molar-refractivity contribution >= 4 is 23.3 Å². The van der Waals surface area contributed by atoms with Gasteiger partial charge in [-0.15, -0.1) is 0 Å². The fourth-order valence-corrected chi connectivity index (χ4v) is 4.23. The predicted octanol–water partition coefficient (Wildman–Crippen LogP) is 4.83. The van der Waals surface area contributed by atoms with Crippen molar-refractivity contribution in [2.45, 2.75) is 32.4 Å². The summed E-state index contributed by atoms with van der Waals surface area (Å²) in [4.78, 5) is 30.2. The van der Waals surface area contributed by atoms with E-state index in [1.165, 1.54) is 7.11 Å². The predicted molar refractivity (Wildman–Crippen MR) is 121 cm³/mol.